The fourth-order valence-corrected chi connectivity index (χ4v) is 3.08. The van der Waals surface area contributed by atoms with Crippen LogP contribution < -0.4 is 5.32 Å². The second kappa shape index (κ2) is 7.50. The molecule has 1 aliphatic rings. The first-order chi connectivity index (χ1) is 12.5. The standard InChI is InChI=1S/C19H14BrN3O3/c20-13-5-8-15-16(10-13)19(26)23(18(15)25)9-1-2-17(24)22-14-6-3-12(11-21)4-7-14/h3-8,10H,1-2,9H2,(H,22,24). The molecule has 0 unspecified atom stereocenters. The first-order valence-electron chi connectivity index (χ1n) is 7.95. The molecule has 0 fully saturated rings. The molecule has 7 heteroatoms. The summed E-state index contributed by atoms with van der Waals surface area (Å²) < 4.78 is 0.737. The first kappa shape index (κ1) is 17.8. The van der Waals surface area contributed by atoms with Crippen molar-refractivity contribution in [3.63, 3.8) is 0 Å². The highest BCUT2D eigenvalue weighted by Gasteiger charge is 2.35. The number of fused-ring (bicyclic) bond motifs is 1. The molecule has 1 aliphatic heterocycles. The molecule has 3 amide bonds. The Morgan fingerprint density at radius 1 is 1.08 bits per heavy atom. The highest BCUT2D eigenvalue weighted by Crippen LogP contribution is 2.26. The topological polar surface area (TPSA) is 90.3 Å². The summed E-state index contributed by atoms with van der Waals surface area (Å²) in [5.41, 5.74) is 1.88. The van der Waals surface area contributed by atoms with Gasteiger partial charge in [-0.3, -0.25) is 19.3 Å². The largest absolute Gasteiger partial charge is 0.326 e. The number of hydrogen-bond acceptors (Lipinski definition) is 4. The van der Waals surface area contributed by atoms with Crippen LogP contribution in [0.3, 0.4) is 0 Å². The summed E-state index contributed by atoms with van der Waals surface area (Å²) in [6.07, 6.45) is 0.547. The lowest BCUT2D eigenvalue weighted by Crippen LogP contribution is -2.31. The summed E-state index contributed by atoms with van der Waals surface area (Å²) in [5.74, 6) is -0.877. The lowest BCUT2D eigenvalue weighted by Gasteiger charge is -2.13. The maximum atomic E-state index is 12.3. The Bertz CT molecular complexity index is 932. The van der Waals surface area contributed by atoms with Crippen LogP contribution in [0.15, 0.2) is 46.9 Å². The zero-order chi connectivity index (χ0) is 18.7. The van der Waals surface area contributed by atoms with Crippen molar-refractivity contribution in [3.05, 3.63) is 63.6 Å². The zero-order valence-electron chi connectivity index (χ0n) is 13.7. The summed E-state index contributed by atoms with van der Waals surface area (Å²) >= 11 is 3.29. The van der Waals surface area contributed by atoms with Gasteiger partial charge in [-0.15, -0.1) is 0 Å². The normalized spacial score (nSPS) is 12.7. The molecule has 0 spiro atoms. The molecule has 0 atom stereocenters. The molecule has 2 aromatic rings. The summed E-state index contributed by atoms with van der Waals surface area (Å²) in [4.78, 5) is 37.8. The van der Waals surface area contributed by atoms with E-state index in [1.54, 1.807) is 42.5 Å². The van der Waals surface area contributed by atoms with E-state index in [9.17, 15) is 14.4 Å². The van der Waals surface area contributed by atoms with E-state index in [2.05, 4.69) is 21.2 Å². The Morgan fingerprint density at radius 3 is 2.46 bits per heavy atom. The van der Waals surface area contributed by atoms with E-state index < -0.39 is 0 Å². The molecular weight excluding hydrogens is 398 g/mol. The van der Waals surface area contributed by atoms with Gasteiger partial charge in [-0.25, -0.2) is 0 Å². The molecule has 6 nitrogen and oxygen atoms in total. The molecule has 1 heterocycles. The molecule has 130 valence electrons. The average molecular weight is 412 g/mol. The summed E-state index contributed by atoms with van der Waals surface area (Å²) in [7, 11) is 0. The quantitative estimate of drug-likeness (QED) is 0.763. The lowest BCUT2D eigenvalue weighted by atomic mass is 10.1. The molecular formula is C19H14BrN3O3. The second-order valence-electron chi connectivity index (χ2n) is 5.79. The van der Waals surface area contributed by atoms with Crippen molar-refractivity contribution in [2.24, 2.45) is 0 Å². The molecule has 0 radical (unpaired) electrons. The Morgan fingerprint density at radius 2 is 1.77 bits per heavy atom. The molecule has 0 saturated heterocycles. The van der Waals surface area contributed by atoms with E-state index in [1.807, 2.05) is 6.07 Å². The highest BCUT2D eigenvalue weighted by atomic mass is 79.9. The minimum absolute atomic E-state index is 0.178. The van der Waals surface area contributed by atoms with Gasteiger partial charge in [0.15, 0.2) is 0 Å². The van der Waals surface area contributed by atoms with Gasteiger partial charge in [0.05, 0.1) is 22.8 Å². The number of nitrogens with one attached hydrogen (secondary N) is 1. The van der Waals surface area contributed by atoms with Crippen molar-refractivity contribution < 1.29 is 14.4 Å². The van der Waals surface area contributed by atoms with Crippen LogP contribution in [0, 0.1) is 11.3 Å². The predicted octanol–water partition coefficient (Wildman–Crippen LogP) is 3.34. The van der Waals surface area contributed by atoms with E-state index in [-0.39, 0.29) is 30.7 Å². The van der Waals surface area contributed by atoms with Crippen LogP contribution >= 0.6 is 15.9 Å². The van der Waals surface area contributed by atoms with Gasteiger partial charge in [0.2, 0.25) is 5.91 Å². The number of carbonyl (C=O) groups is 3. The molecule has 26 heavy (non-hydrogen) atoms. The molecule has 0 bridgehead atoms. The highest BCUT2D eigenvalue weighted by molar-refractivity contribution is 9.10. The van der Waals surface area contributed by atoms with Crippen LogP contribution in [-0.4, -0.2) is 29.2 Å². The Hall–Kier alpha value is -2.98. The third kappa shape index (κ3) is 3.65. The van der Waals surface area contributed by atoms with Crippen molar-refractivity contribution in [2.45, 2.75) is 12.8 Å². The maximum absolute atomic E-state index is 12.3. The van der Waals surface area contributed by atoms with Gasteiger partial charge in [0.25, 0.3) is 11.8 Å². The number of rotatable bonds is 5. The fraction of sp³-hybridized carbons (Fsp3) is 0.158. The van der Waals surface area contributed by atoms with E-state index in [0.29, 0.717) is 28.8 Å². The van der Waals surface area contributed by atoms with Crippen LogP contribution in [0.4, 0.5) is 5.69 Å². The number of nitrogens with zero attached hydrogens (tertiary/aromatic N) is 2. The van der Waals surface area contributed by atoms with Crippen LogP contribution in [-0.2, 0) is 4.79 Å². The first-order valence-corrected chi connectivity index (χ1v) is 8.74. The Labute approximate surface area is 158 Å². The average Bonchev–Trinajstić information content (AvgIpc) is 2.86. The van der Waals surface area contributed by atoms with Gasteiger partial charge >= 0.3 is 0 Å². The van der Waals surface area contributed by atoms with Gasteiger partial charge in [-0.1, -0.05) is 15.9 Å². The summed E-state index contributed by atoms with van der Waals surface area (Å²) in [6, 6.07) is 13.5. The maximum Gasteiger partial charge on any atom is 0.261 e. The second-order valence-corrected chi connectivity index (χ2v) is 6.71. The Balaban J connectivity index is 1.53. The molecule has 0 aliphatic carbocycles. The van der Waals surface area contributed by atoms with E-state index >= 15 is 0 Å². The van der Waals surface area contributed by atoms with E-state index in [0.717, 1.165) is 4.47 Å². The number of anilines is 1. The molecule has 2 aromatic carbocycles. The van der Waals surface area contributed by atoms with Gasteiger partial charge in [-0.05, 0) is 48.9 Å². The monoisotopic (exact) mass is 411 g/mol. The third-order valence-corrected chi connectivity index (χ3v) is 4.51. The van der Waals surface area contributed by atoms with Crippen LogP contribution in [0.2, 0.25) is 0 Å². The Kier molecular flexibility index (Phi) is 5.14. The summed E-state index contributed by atoms with van der Waals surface area (Å²) in [6.45, 7) is 0.185. The predicted molar refractivity (Wildman–Crippen MR) is 98.5 cm³/mol. The molecule has 0 aromatic heterocycles. The van der Waals surface area contributed by atoms with Gasteiger partial charge in [0.1, 0.15) is 0 Å². The minimum Gasteiger partial charge on any atom is -0.326 e. The smallest absolute Gasteiger partial charge is 0.261 e. The van der Waals surface area contributed by atoms with Gasteiger partial charge in [0, 0.05) is 23.1 Å². The summed E-state index contributed by atoms with van der Waals surface area (Å²) in [5, 5.41) is 11.5. The molecule has 1 N–H and O–H groups in total. The molecule has 0 saturated carbocycles. The van der Waals surface area contributed by atoms with Gasteiger partial charge in [-0.2, -0.15) is 5.26 Å². The number of halogens is 1. The SMILES string of the molecule is N#Cc1ccc(NC(=O)CCCN2C(=O)c3ccc(Br)cc3C2=O)cc1. The van der Waals surface area contributed by atoms with Crippen molar-refractivity contribution >= 4 is 39.3 Å². The number of carbonyl (C=O) groups excluding carboxylic acids is 3. The number of hydrogen-bond donors (Lipinski definition) is 1. The van der Waals surface area contributed by atoms with Crippen molar-refractivity contribution in [2.75, 3.05) is 11.9 Å². The van der Waals surface area contributed by atoms with Crippen molar-refractivity contribution in [1.82, 2.24) is 4.90 Å². The minimum atomic E-state index is -0.334. The van der Waals surface area contributed by atoms with Crippen LogP contribution in [0.25, 0.3) is 0 Å². The van der Waals surface area contributed by atoms with E-state index in [4.69, 9.17) is 5.26 Å². The van der Waals surface area contributed by atoms with Crippen LogP contribution in [0.1, 0.15) is 39.1 Å². The lowest BCUT2D eigenvalue weighted by molar-refractivity contribution is -0.116. The number of nitriles is 1. The fourth-order valence-electron chi connectivity index (χ4n) is 2.72. The third-order valence-electron chi connectivity index (χ3n) is 4.02. The van der Waals surface area contributed by atoms with E-state index in [1.165, 1.54) is 4.90 Å². The van der Waals surface area contributed by atoms with Crippen molar-refractivity contribution in [1.29, 1.82) is 5.26 Å². The number of benzene rings is 2. The van der Waals surface area contributed by atoms with Crippen molar-refractivity contribution in [3.8, 4) is 6.07 Å². The van der Waals surface area contributed by atoms with Gasteiger partial charge < -0.3 is 5.32 Å². The number of imide groups is 1. The van der Waals surface area contributed by atoms with Crippen LogP contribution in [0.5, 0.6) is 0 Å². The zero-order valence-corrected chi connectivity index (χ0v) is 15.2. The molecule has 3 rings (SSSR count). The number of amides is 3.